The van der Waals surface area contributed by atoms with E-state index in [0.29, 0.717) is 11.3 Å². The number of hydrogen-bond donors (Lipinski definition) is 2. The molecule has 0 atom stereocenters. The summed E-state index contributed by atoms with van der Waals surface area (Å²) < 4.78 is 18.2. The highest BCUT2D eigenvalue weighted by atomic mass is 35.5. The predicted octanol–water partition coefficient (Wildman–Crippen LogP) is 3.32. The van der Waals surface area contributed by atoms with Gasteiger partial charge in [0.05, 0.1) is 29.9 Å². The third-order valence-corrected chi connectivity index (χ3v) is 3.27. The van der Waals surface area contributed by atoms with Crippen molar-refractivity contribution in [2.24, 2.45) is 0 Å². The van der Waals surface area contributed by atoms with Crippen molar-refractivity contribution in [3.05, 3.63) is 58.9 Å². The summed E-state index contributed by atoms with van der Waals surface area (Å²) in [5.41, 5.74) is 1.04. The number of carbonyl (C=O) groups excluding carboxylic acids is 2. The van der Waals surface area contributed by atoms with Crippen molar-refractivity contribution in [3.8, 4) is 0 Å². The molecule has 1 amide bonds. The van der Waals surface area contributed by atoms with Gasteiger partial charge in [0.15, 0.2) is 5.82 Å². The summed E-state index contributed by atoms with van der Waals surface area (Å²) in [5.74, 6) is -1.43. The molecule has 0 heterocycles. The van der Waals surface area contributed by atoms with Crippen molar-refractivity contribution in [1.82, 2.24) is 0 Å². The van der Waals surface area contributed by atoms with Crippen LogP contribution in [-0.4, -0.2) is 25.5 Å². The molecular weight excluding hydrogens is 323 g/mol. The molecule has 7 heteroatoms. The van der Waals surface area contributed by atoms with E-state index < -0.39 is 11.8 Å². The lowest BCUT2D eigenvalue weighted by atomic mass is 10.2. The molecule has 5 nitrogen and oxygen atoms in total. The Balaban J connectivity index is 1.92. The minimum atomic E-state index is -0.607. The number of rotatable bonds is 5. The third kappa shape index (κ3) is 4.43. The smallest absolute Gasteiger partial charge is 0.337 e. The van der Waals surface area contributed by atoms with E-state index in [1.54, 1.807) is 18.2 Å². The first-order valence-electron chi connectivity index (χ1n) is 6.67. The van der Waals surface area contributed by atoms with Gasteiger partial charge in [-0.15, -0.1) is 0 Å². The fourth-order valence-electron chi connectivity index (χ4n) is 1.83. The molecule has 0 saturated heterocycles. The van der Waals surface area contributed by atoms with Crippen LogP contribution < -0.4 is 10.6 Å². The monoisotopic (exact) mass is 336 g/mol. The molecule has 0 bridgehead atoms. The van der Waals surface area contributed by atoms with E-state index in [9.17, 15) is 14.0 Å². The van der Waals surface area contributed by atoms with Crippen LogP contribution in [0.25, 0.3) is 0 Å². The molecule has 0 aromatic heterocycles. The number of ether oxygens (including phenoxy) is 1. The minimum absolute atomic E-state index is 0.0196. The Morgan fingerprint density at radius 3 is 2.52 bits per heavy atom. The highest BCUT2D eigenvalue weighted by molar-refractivity contribution is 6.31. The van der Waals surface area contributed by atoms with Gasteiger partial charge in [0, 0.05) is 5.69 Å². The maximum absolute atomic E-state index is 13.7. The van der Waals surface area contributed by atoms with Gasteiger partial charge in [0.2, 0.25) is 5.91 Å². The fourth-order valence-corrected chi connectivity index (χ4v) is 2.00. The van der Waals surface area contributed by atoms with Crippen molar-refractivity contribution >= 4 is 34.9 Å². The van der Waals surface area contributed by atoms with Crippen LogP contribution in [0.5, 0.6) is 0 Å². The van der Waals surface area contributed by atoms with E-state index in [0.717, 1.165) is 0 Å². The third-order valence-electron chi connectivity index (χ3n) is 2.98. The quantitative estimate of drug-likeness (QED) is 0.822. The van der Waals surface area contributed by atoms with Crippen LogP contribution in [0.2, 0.25) is 5.02 Å². The Labute approximate surface area is 137 Å². The van der Waals surface area contributed by atoms with E-state index in [1.807, 2.05) is 0 Å². The molecule has 0 spiro atoms. The molecule has 0 fully saturated rings. The average Bonchev–Trinajstić information content (AvgIpc) is 2.56. The molecule has 23 heavy (non-hydrogen) atoms. The first-order valence-corrected chi connectivity index (χ1v) is 7.05. The summed E-state index contributed by atoms with van der Waals surface area (Å²) in [6, 6.07) is 10.7. The molecule has 2 aromatic carbocycles. The van der Waals surface area contributed by atoms with Crippen LogP contribution in [0.15, 0.2) is 42.5 Å². The number of anilines is 2. The average molecular weight is 337 g/mol. The van der Waals surface area contributed by atoms with Crippen molar-refractivity contribution in [2.75, 3.05) is 24.3 Å². The lowest BCUT2D eigenvalue weighted by Crippen LogP contribution is -2.22. The number of methoxy groups -OCH3 is 1. The Morgan fingerprint density at radius 1 is 1.17 bits per heavy atom. The van der Waals surface area contributed by atoms with Crippen LogP contribution in [-0.2, 0) is 9.53 Å². The zero-order valence-electron chi connectivity index (χ0n) is 12.2. The van der Waals surface area contributed by atoms with Crippen LogP contribution >= 0.6 is 11.6 Å². The van der Waals surface area contributed by atoms with E-state index in [4.69, 9.17) is 11.6 Å². The topological polar surface area (TPSA) is 67.4 Å². The zero-order valence-corrected chi connectivity index (χ0v) is 13.0. The Kier molecular flexibility index (Phi) is 5.54. The van der Waals surface area contributed by atoms with Gasteiger partial charge in [0.1, 0.15) is 0 Å². The molecule has 2 rings (SSSR count). The maximum atomic E-state index is 13.7. The van der Waals surface area contributed by atoms with Crippen LogP contribution in [0, 0.1) is 5.82 Å². The van der Waals surface area contributed by atoms with Crippen molar-refractivity contribution < 1.29 is 18.7 Å². The summed E-state index contributed by atoms with van der Waals surface area (Å²) in [6.07, 6.45) is 0. The lowest BCUT2D eigenvalue weighted by Gasteiger charge is -2.09. The van der Waals surface area contributed by atoms with Gasteiger partial charge in [-0.3, -0.25) is 4.79 Å². The summed E-state index contributed by atoms with van der Waals surface area (Å²) in [6.45, 7) is -0.129. The summed E-state index contributed by atoms with van der Waals surface area (Å²) in [4.78, 5) is 23.1. The van der Waals surface area contributed by atoms with E-state index in [-0.39, 0.29) is 23.2 Å². The second-order valence-corrected chi connectivity index (χ2v) is 4.98. The molecular formula is C16H14ClFN2O3. The molecule has 0 saturated carbocycles. The molecule has 2 N–H and O–H groups in total. The van der Waals surface area contributed by atoms with Crippen molar-refractivity contribution in [1.29, 1.82) is 0 Å². The second kappa shape index (κ2) is 7.60. The van der Waals surface area contributed by atoms with E-state index >= 15 is 0 Å². The van der Waals surface area contributed by atoms with Gasteiger partial charge in [-0.2, -0.15) is 0 Å². The van der Waals surface area contributed by atoms with Crippen LogP contribution in [0.3, 0.4) is 0 Å². The van der Waals surface area contributed by atoms with Crippen molar-refractivity contribution in [2.45, 2.75) is 0 Å². The number of carbonyl (C=O) groups is 2. The number of benzene rings is 2. The van der Waals surface area contributed by atoms with Gasteiger partial charge in [-0.25, -0.2) is 9.18 Å². The SMILES string of the molecule is COC(=O)c1ccc(NC(=O)CNc2cccc(Cl)c2F)cc1. The second-order valence-electron chi connectivity index (χ2n) is 4.57. The minimum Gasteiger partial charge on any atom is -0.465 e. The van der Waals surface area contributed by atoms with Crippen molar-refractivity contribution in [3.63, 3.8) is 0 Å². The molecule has 120 valence electrons. The molecule has 0 aliphatic rings. The van der Waals surface area contributed by atoms with Gasteiger partial charge < -0.3 is 15.4 Å². The van der Waals surface area contributed by atoms with E-state index in [2.05, 4.69) is 15.4 Å². The van der Waals surface area contributed by atoms with Gasteiger partial charge >= 0.3 is 5.97 Å². The fraction of sp³-hybridized carbons (Fsp3) is 0.125. The standard InChI is InChI=1S/C16H14ClFN2O3/c1-23-16(22)10-5-7-11(8-6-10)20-14(21)9-19-13-4-2-3-12(17)15(13)18/h2-8,19H,9H2,1H3,(H,20,21). The number of nitrogens with one attached hydrogen (secondary N) is 2. The van der Waals surface area contributed by atoms with Gasteiger partial charge in [0.25, 0.3) is 0 Å². The summed E-state index contributed by atoms with van der Waals surface area (Å²) >= 11 is 5.66. The molecule has 0 aliphatic heterocycles. The van der Waals surface area contributed by atoms with Crippen LogP contribution in [0.1, 0.15) is 10.4 Å². The molecule has 0 aliphatic carbocycles. The van der Waals surface area contributed by atoms with Gasteiger partial charge in [-0.05, 0) is 36.4 Å². The summed E-state index contributed by atoms with van der Waals surface area (Å²) in [5, 5.41) is 5.27. The first kappa shape index (κ1) is 16.8. The highest BCUT2D eigenvalue weighted by Gasteiger charge is 2.09. The number of esters is 1. The Hall–Kier alpha value is -2.60. The number of hydrogen-bond acceptors (Lipinski definition) is 4. The Bertz CT molecular complexity index is 720. The summed E-state index contributed by atoms with van der Waals surface area (Å²) in [7, 11) is 1.29. The molecule has 2 aromatic rings. The maximum Gasteiger partial charge on any atom is 0.337 e. The van der Waals surface area contributed by atoms with Crippen LogP contribution in [0.4, 0.5) is 15.8 Å². The largest absolute Gasteiger partial charge is 0.465 e. The molecule has 0 radical (unpaired) electrons. The first-order chi connectivity index (χ1) is 11.0. The molecule has 0 unspecified atom stereocenters. The number of halogens is 2. The predicted molar refractivity (Wildman–Crippen MR) is 86.3 cm³/mol. The lowest BCUT2D eigenvalue weighted by molar-refractivity contribution is -0.114. The van der Waals surface area contributed by atoms with Gasteiger partial charge in [-0.1, -0.05) is 17.7 Å². The highest BCUT2D eigenvalue weighted by Crippen LogP contribution is 2.21. The Morgan fingerprint density at radius 2 is 1.87 bits per heavy atom. The normalized spacial score (nSPS) is 10.0. The number of amides is 1. The van der Waals surface area contributed by atoms with E-state index in [1.165, 1.54) is 31.4 Å². The zero-order chi connectivity index (χ0) is 16.8.